The van der Waals surface area contributed by atoms with Crippen LogP contribution in [0, 0.1) is 18.6 Å². The average Bonchev–Trinajstić information content (AvgIpc) is 3.09. The molecule has 2 heterocycles. The number of hydrogen-bond acceptors (Lipinski definition) is 5. The number of ether oxygens (including phenoxy) is 1. The van der Waals surface area contributed by atoms with Gasteiger partial charge in [-0.1, -0.05) is 0 Å². The van der Waals surface area contributed by atoms with Crippen LogP contribution < -0.4 is 4.74 Å². The molecule has 3 aromatic rings. The maximum atomic E-state index is 13.5. The Bertz CT molecular complexity index is 1260. The van der Waals surface area contributed by atoms with E-state index in [4.69, 9.17) is 9.15 Å². The first-order chi connectivity index (χ1) is 14.7. The van der Waals surface area contributed by atoms with Crippen LogP contribution >= 0.6 is 0 Å². The number of halogens is 2. The maximum absolute atomic E-state index is 13.5. The molecule has 0 saturated carbocycles. The lowest BCUT2D eigenvalue weighted by Gasteiger charge is -2.34. The van der Waals surface area contributed by atoms with Crippen LogP contribution in [0.3, 0.4) is 0 Å². The van der Waals surface area contributed by atoms with Crippen LogP contribution in [-0.2, 0) is 10.0 Å². The number of piperazine rings is 1. The number of carbonyl (C=O) groups excluding carboxylic acids is 1. The van der Waals surface area contributed by atoms with E-state index in [0.717, 1.165) is 16.4 Å². The molecule has 0 radical (unpaired) electrons. The molecule has 1 aliphatic heterocycles. The van der Waals surface area contributed by atoms with Crippen molar-refractivity contribution in [1.82, 2.24) is 9.21 Å². The van der Waals surface area contributed by atoms with Gasteiger partial charge < -0.3 is 14.1 Å². The van der Waals surface area contributed by atoms with E-state index in [1.165, 1.54) is 7.11 Å². The lowest BCUT2D eigenvalue weighted by atomic mass is 10.1. The normalized spacial score (nSPS) is 15.4. The summed E-state index contributed by atoms with van der Waals surface area (Å²) in [6.45, 7) is 2.07. The van der Waals surface area contributed by atoms with Crippen LogP contribution in [-0.4, -0.2) is 56.8 Å². The van der Waals surface area contributed by atoms with Gasteiger partial charge in [0, 0.05) is 31.6 Å². The number of nitrogens with zero attached hydrogens (tertiary/aromatic N) is 2. The molecule has 0 unspecified atom stereocenters. The van der Waals surface area contributed by atoms with E-state index in [-0.39, 0.29) is 37.0 Å². The summed E-state index contributed by atoms with van der Waals surface area (Å²) in [5, 5.41) is 0.624. The van der Waals surface area contributed by atoms with Crippen LogP contribution in [0.2, 0.25) is 0 Å². The van der Waals surface area contributed by atoms with Gasteiger partial charge in [0.05, 0.1) is 17.6 Å². The standard InChI is InChI=1S/C21H20F2N2O5S/c1-13-20(16-11-14(29-2)3-6-19(16)30-13)21(26)24-7-9-25(10-8-24)31(27,28)15-4-5-17(22)18(23)12-15/h3-6,11-12H,7-10H2,1-2H3. The Morgan fingerprint density at radius 2 is 1.74 bits per heavy atom. The molecule has 1 amide bonds. The summed E-state index contributed by atoms with van der Waals surface area (Å²) in [6, 6.07) is 7.66. The van der Waals surface area contributed by atoms with Crippen molar-refractivity contribution < 1.29 is 31.1 Å². The zero-order chi connectivity index (χ0) is 22.3. The van der Waals surface area contributed by atoms with Gasteiger partial charge in [0.1, 0.15) is 17.1 Å². The third kappa shape index (κ3) is 3.77. The molecule has 10 heteroatoms. The number of fused-ring (bicyclic) bond motifs is 1. The molecule has 0 N–H and O–H groups in total. The topological polar surface area (TPSA) is 80.1 Å². The van der Waals surface area contributed by atoms with Gasteiger partial charge in [0.15, 0.2) is 11.6 Å². The van der Waals surface area contributed by atoms with Gasteiger partial charge in [0.2, 0.25) is 10.0 Å². The number of aryl methyl sites for hydroxylation is 1. The Balaban J connectivity index is 1.54. The zero-order valence-corrected chi connectivity index (χ0v) is 17.7. The number of carbonyl (C=O) groups is 1. The molecular weight excluding hydrogens is 430 g/mol. The predicted octanol–water partition coefficient (Wildman–Crippen LogP) is 3.17. The fourth-order valence-corrected chi connectivity index (χ4v) is 5.10. The molecule has 1 aliphatic rings. The van der Waals surface area contributed by atoms with E-state index in [2.05, 4.69) is 0 Å². The van der Waals surface area contributed by atoms with Crippen LogP contribution in [0.1, 0.15) is 16.1 Å². The minimum atomic E-state index is -4.00. The van der Waals surface area contributed by atoms with Crippen LogP contribution in [0.25, 0.3) is 11.0 Å². The molecule has 164 valence electrons. The number of hydrogen-bond donors (Lipinski definition) is 0. The molecule has 0 spiro atoms. The minimum Gasteiger partial charge on any atom is -0.497 e. The summed E-state index contributed by atoms with van der Waals surface area (Å²) < 4.78 is 64.2. The summed E-state index contributed by atoms with van der Waals surface area (Å²) in [6.07, 6.45) is 0. The van der Waals surface area contributed by atoms with E-state index < -0.39 is 21.7 Å². The van der Waals surface area contributed by atoms with Gasteiger partial charge in [-0.25, -0.2) is 17.2 Å². The Hall–Kier alpha value is -2.98. The van der Waals surface area contributed by atoms with Crippen molar-refractivity contribution in [2.45, 2.75) is 11.8 Å². The van der Waals surface area contributed by atoms with Gasteiger partial charge in [-0.05, 0) is 43.3 Å². The van der Waals surface area contributed by atoms with Crippen molar-refractivity contribution in [2.24, 2.45) is 0 Å². The first-order valence-corrected chi connectivity index (χ1v) is 11.0. The molecule has 0 bridgehead atoms. The molecule has 1 fully saturated rings. The van der Waals surface area contributed by atoms with Crippen LogP contribution in [0.15, 0.2) is 45.7 Å². The average molecular weight is 450 g/mol. The van der Waals surface area contributed by atoms with E-state index in [0.29, 0.717) is 34.1 Å². The Labute approximate surface area is 177 Å². The summed E-state index contributed by atoms with van der Waals surface area (Å²) in [4.78, 5) is 14.4. The van der Waals surface area contributed by atoms with Gasteiger partial charge in [0.25, 0.3) is 5.91 Å². The highest BCUT2D eigenvalue weighted by atomic mass is 32.2. The second-order valence-electron chi connectivity index (χ2n) is 7.17. The molecule has 2 aromatic carbocycles. The highest BCUT2D eigenvalue weighted by Gasteiger charge is 2.32. The molecule has 0 atom stereocenters. The molecule has 7 nitrogen and oxygen atoms in total. The smallest absolute Gasteiger partial charge is 0.258 e. The van der Waals surface area contributed by atoms with E-state index in [1.54, 1.807) is 30.0 Å². The Morgan fingerprint density at radius 1 is 1.03 bits per heavy atom. The Kier molecular flexibility index (Phi) is 5.44. The fourth-order valence-electron chi connectivity index (χ4n) is 3.67. The molecular formula is C21H20F2N2O5S. The molecule has 1 saturated heterocycles. The van der Waals surface area contributed by atoms with E-state index >= 15 is 0 Å². The zero-order valence-electron chi connectivity index (χ0n) is 16.9. The molecule has 1 aromatic heterocycles. The lowest BCUT2D eigenvalue weighted by molar-refractivity contribution is 0.0698. The van der Waals surface area contributed by atoms with E-state index in [1.807, 2.05) is 0 Å². The number of methoxy groups -OCH3 is 1. The van der Waals surface area contributed by atoms with Gasteiger partial charge >= 0.3 is 0 Å². The van der Waals surface area contributed by atoms with Crippen molar-refractivity contribution in [3.63, 3.8) is 0 Å². The first kappa shape index (κ1) is 21.3. The SMILES string of the molecule is COc1ccc2oc(C)c(C(=O)N3CCN(S(=O)(=O)c4ccc(F)c(F)c4)CC3)c2c1. The molecule has 31 heavy (non-hydrogen) atoms. The van der Waals surface area contributed by atoms with Crippen molar-refractivity contribution in [1.29, 1.82) is 0 Å². The van der Waals surface area contributed by atoms with Crippen LogP contribution in [0.5, 0.6) is 5.75 Å². The first-order valence-electron chi connectivity index (χ1n) is 9.54. The lowest BCUT2D eigenvalue weighted by Crippen LogP contribution is -2.50. The van der Waals surface area contributed by atoms with Gasteiger partial charge in [-0.15, -0.1) is 0 Å². The maximum Gasteiger partial charge on any atom is 0.258 e. The highest BCUT2D eigenvalue weighted by Crippen LogP contribution is 2.30. The summed E-state index contributed by atoms with van der Waals surface area (Å²) in [5.41, 5.74) is 0.965. The number of furan rings is 1. The van der Waals surface area contributed by atoms with Crippen molar-refractivity contribution in [2.75, 3.05) is 33.3 Å². The monoisotopic (exact) mass is 450 g/mol. The third-order valence-electron chi connectivity index (χ3n) is 5.34. The van der Waals surface area contributed by atoms with E-state index in [9.17, 15) is 22.0 Å². The molecule has 4 rings (SSSR count). The number of sulfonamides is 1. The van der Waals surface area contributed by atoms with Crippen molar-refractivity contribution >= 4 is 26.9 Å². The summed E-state index contributed by atoms with van der Waals surface area (Å²) in [7, 11) is -2.47. The molecule has 0 aliphatic carbocycles. The van der Waals surface area contributed by atoms with Crippen molar-refractivity contribution in [3.8, 4) is 5.75 Å². The number of benzene rings is 2. The predicted molar refractivity (Wildman–Crippen MR) is 109 cm³/mol. The number of rotatable bonds is 4. The fraction of sp³-hybridized carbons (Fsp3) is 0.286. The van der Waals surface area contributed by atoms with Gasteiger partial charge in [-0.3, -0.25) is 4.79 Å². The van der Waals surface area contributed by atoms with Gasteiger partial charge in [-0.2, -0.15) is 4.31 Å². The minimum absolute atomic E-state index is 0.0330. The quantitative estimate of drug-likeness (QED) is 0.610. The summed E-state index contributed by atoms with van der Waals surface area (Å²) in [5.74, 6) is -1.56. The van der Waals surface area contributed by atoms with Crippen molar-refractivity contribution in [3.05, 3.63) is 59.4 Å². The second-order valence-corrected chi connectivity index (χ2v) is 9.11. The summed E-state index contributed by atoms with van der Waals surface area (Å²) >= 11 is 0. The van der Waals surface area contributed by atoms with Crippen LogP contribution in [0.4, 0.5) is 8.78 Å². The highest BCUT2D eigenvalue weighted by molar-refractivity contribution is 7.89. The number of amides is 1. The largest absolute Gasteiger partial charge is 0.497 e. The Morgan fingerprint density at radius 3 is 2.39 bits per heavy atom. The second kappa shape index (κ2) is 7.93. The third-order valence-corrected chi connectivity index (χ3v) is 7.23.